The summed E-state index contributed by atoms with van der Waals surface area (Å²) in [7, 11) is 0. The summed E-state index contributed by atoms with van der Waals surface area (Å²) >= 11 is 1.75. The number of ketones is 1. The lowest BCUT2D eigenvalue weighted by Crippen LogP contribution is -1.96. The van der Waals surface area contributed by atoms with Gasteiger partial charge in [-0.2, -0.15) is 0 Å². The van der Waals surface area contributed by atoms with E-state index in [2.05, 4.69) is 6.07 Å². The fraction of sp³-hybridized carbons (Fsp3) is 0.583. The highest BCUT2D eigenvalue weighted by Gasteiger charge is 2.26. The van der Waals surface area contributed by atoms with Gasteiger partial charge in [0.1, 0.15) is 0 Å². The zero-order valence-electron chi connectivity index (χ0n) is 8.21. The van der Waals surface area contributed by atoms with Crippen molar-refractivity contribution in [1.82, 2.24) is 0 Å². The number of thiophene rings is 1. The molecule has 0 spiro atoms. The lowest BCUT2D eigenvalue weighted by atomic mass is 10.1. The number of hydrogen-bond acceptors (Lipinski definition) is 2. The Balaban J connectivity index is 1.78. The van der Waals surface area contributed by atoms with Gasteiger partial charge in [-0.3, -0.25) is 4.79 Å². The fourth-order valence-corrected chi connectivity index (χ4v) is 3.35. The van der Waals surface area contributed by atoms with Gasteiger partial charge >= 0.3 is 0 Å². The van der Waals surface area contributed by atoms with E-state index in [1.165, 1.54) is 42.5 Å². The molecule has 0 amide bonds. The quantitative estimate of drug-likeness (QED) is 0.694. The molecule has 0 atom stereocenters. The molecule has 1 heterocycles. The lowest BCUT2D eigenvalue weighted by Gasteiger charge is -1.94. The first kappa shape index (κ1) is 8.66. The number of rotatable bonds is 3. The maximum Gasteiger partial charge on any atom is 0.173 e. The number of Topliss-reactive ketones (excluding diaryl/α,β-unsaturated/α-hetero) is 1. The van der Waals surface area contributed by atoms with Gasteiger partial charge in [-0.15, -0.1) is 11.3 Å². The van der Waals surface area contributed by atoms with Crippen LogP contribution in [-0.4, -0.2) is 5.78 Å². The van der Waals surface area contributed by atoms with Crippen molar-refractivity contribution in [1.29, 1.82) is 0 Å². The average Bonchev–Trinajstić information content (AvgIpc) is 2.73. The third-order valence-corrected chi connectivity index (χ3v) is 4.47. The lowest BCUT2D eigenvalue weighted by molar-refractivity contribution is 0.0980. The van der Waals surface area contributed by atoms with Crippen LogP contribution in [0.25, 0.3) is 0 Å². The molecule has 0 aliphatic heterocycles. The topological polar surface area (TPSA) is 17.1 Å². The second kappa shape index (κ2) is 3.20. The first-order chi connectivity index (χ1) is 6.83. The van der Waals surface area contributed by atoms with E-state index in [1.54, 1.807) is 11.3 Å². The molecule has 0 bridgehead atoms. The minimum atomic E-state index is 0.395. The monoisotopic (exact) mass is 206 g/mol. The van der Waals surface area contributed by atoms with Crippen molar-refractivity contribution in [3.63, 3.8) is 0 Å². The first-order valence-electron chi connectivity index (χ1n) is 5.48. The van der Waals surface area contributed by atoms with Crippen molar-refractivity contribution in [3.8, 4) is 0 Å². The zero-order valence-corrected chi connectivity index (χ0v) is 9.03. The SMILES string of the molecule is O=C(CC1CC1)c1cc2c(s1)CCC2. The van der Waals surface area contributed by atoms with Crippen molar-refractivity contribution in [2.75, 3.05) is 0 Å². The number of fused-ring (bicyclic) bond motifs is 1. The molecule has 0 N–H and O–H groups in total. The van der Waals surface area contributed by atoms with Crippen molar-refractivity contribution in [2.45, 2.75) is 38.5 Å². The van der Waals surface area contributed by atoms with Crippen LogP contribution in [0.2, 0.25) is 0 Å². The van der Waals surface area contributed by atoms with E-state index < -0.39 is 0 Å². The molecular formula is C12H14OS. The van der Waals surface area contributed by atoms with E-state index in [9.17, 15) is 4.79 Å². The normalized spacial score (nSPS) is 19.7. The summed E-state index contributed by atoms with van der Waals surface area (Å²) in [6.45, 7) is 0. The molecular weight excluding hydrogens is 192 g/mol. The number of aryl methyl sites for hydroxylation is 2. The maximum absolute atomic E-state index is 11.8. The molecule has 74 valence electrons. The van der Waals surface area contributed by atoms with Crippen molar-refractivity contribution in [2.24, 2.45) is 5.92 Å². The number of carbonyl (C=O) groups is 1. The fourth-order valence-electron chi connectivity index (χ4n) is 2.15. The molecule has 14 heavy (non-hydrogen) atoms. The third kappa shape index (κ3) is 1.52. The highest BCUT2D eigenvalue weighted by molar-refractivity contribution is 7.14. The smallest absolute Gasteiger partial charge is 0.173 e. The molecule has 1 fully saturated rings. The summed E-state index contributed by atoms with van der Waals surface area (Å²) in [5.41, 5.74) is 1.45. The largest absolute Gasteiger partial charge is 0.293 e. The van der Waals surface area contributed by atoms with Gasteiger partial charge in [0.15, 0.2) is 5.78 Å². The van der Waals surface area contributed by atoms with Gasteiger partial charge in [-0.05, 0) is 49.7 Å². The summed E-state index contributed by atoms with van der Waals surface area (Å²) in [5.74, 6) is 1.12. The van der Waals surface area contributed by atoms with E-state index in [0.717, 1.165) is 17.2 Å². The Kier molecular flexibility index (Phi) is 1.98. The second-order valence-corrected chi connectivity index (χ2v) is 5.62. The predicted molar refractivity (Wildman–Crippen MR) is 58.0 cm³/mol. The summed E-state index contributed by atoms with van der Waals surface area (Å²) < 4.78 is 0. The molecule has 2 heteroatoms. The Morgan fingerprint density at radius 3 is 3.00 bits per heavy atom. The second-order valence-electron chi connectivity index (χ2n) is 4.48. The summed E-state index contributed by atoms with van der Waals surface area (Å²) in [6.07, 6.45) is 7.05. The summed E-state index contributed by atoms with van der Waals surface area (Å²) in [5, 5.41) is 0. The molecule has 1 aromatic rings. The van der Waals surface area contributed by atoms with Crippen LogP contribution in [0.15, 0.2) is 6.07 Å². The zero-order chi connectivity index (χ0) is 9.54. The molecule has 2 aliphatic carbocycles. The van der Waals surface area contributed by atoms with Crippen molar-refractivity contribution in [3.05, 3.63) is 21.4 Å². The Morgan fingerprint density at radius 2 is 2.29 bits per heavy atom. The summed E-state index contributed by atoms with van der Waals surface area (Å²) in [4.78, 5) is 14.3. The van der Waals surface area contributed by atoms with Crippen LogP contribution in [0, 0.1) is 5.92 Å². The van der Waals surface area contributed by atoms with Gasteiger partial charge in [0.25, 0.3) is 0 Å². The van der Waals surface area contributed by atoms with E-state index in [4.69, 9.17) is 0 Å². The molecule has 1 nitrogen and oxygen atoms in total. The Hall–Kier alpha value is -0.630. The van der Waals surface area contributed by atoms with E-state index in [1.807, 2.05) is 0 Å². The maximum atomic E-state index is 11.8. The molecule has 1 saturated carbocycles. The van der Waals surface area contributed by atoms with Gasteiger partial charge < -0.3 is 0 Å². The Morgan fingerprint density at radius 1 is 1.43 bits per heavy atom. The first-order valence-corrected chi connectivity index (χ1v) is 6.29. The highest BCUT2D eigenvalue weighted by Crippen LogP contribution is 2.36. The van der Waals surface area contributed by atoms with Crippen LogP contribution in [0.4, 0.5) is 0 Å². The van der Waals surface area contributed by atoms with Crippen LogP contribution in [0.1, 0.15) is 45.8 Å². The minimum absolute atomic E-state index is 0.395. The van der Waals surface area contributed by atoms with Crippen LogP contribution in [-0.2, 0) is 12.8 Å². The molecule has 1 aromatic heterocycles. The van der Waals surface area contributed by atoms with Gasteiger partial charge in [0.05, 0.1) is 4.88 Å². The van der Waals surface area contributed by atoms with Gasteiger partial charge in [-0.1, -0.05) is 0 Å². The molecule has 0 saturated heterocycles. The van der Waals surface area contributed by atoms with E-state index >= 15 is 0 Å². The highest BCUT2D eigenvalue weighted by atomic mass is 32.1. The molecule has 0 unspecified atom stereocenters. The van der Waals surface area contributed by atoms with E-state index in [-0.39, 0.29) is 0 Å². The minimum Gasteiger partial charge on any atom is -0.293 e. The number of carbonyl (C=O) groups excluding carboxylic acids is 1. The standard InChI is InChI=1S/C12H14OS/c13-10(6-8-4-5-8)12-7-9-2-1-3-11(9)14-12/h7-8H,1-6H2. The van der Waals surface area contributed by atoms with Crippen LogP contribution in [0.5, 0.6) is 0 Å². The van der Waals surface area contributed by atoms with Gasteiger partial charge in [-0.25, -0.2) is 0 Å². The Bertz CT molecular complexity index is 352. The van der Waals surface area contributed by atoms with Crippen molar-refractivity contribution >= 4 is 17.1 Å². The average molecular weight is 206 g/mol. The molecule has 0 aromatic carbocycles. The van der Waals surface area contributed by atoms with Crippen molar-refractivity contribution < 1.29 is 4.79 Å². The van der Waals surface area contributed by atoms with Crippen LogP contribution < -0.4 is 0 Å². The predicted octanol–water partition coefficient (Wildman–Crippen LogP) is 3.22. The van der Waals surface area contributed by atoms with Crippen LogP contribution in [0.3, 0.4) is 0 Å². The third-order valence-electron chi connectivity index (χ3n) is 3.19. The molecule has 2 aliphatic rings. The van der Waals surface area contributed by atoms with Gasteiger partial charge in [0.2, 0.25) is 0 Å². The van der Waals surface area contributed by atoms with Gasteiger partial charge in [0, 0.05) is 11.3 Å². The summed E-state index contributed by atoms with van der Waals surface area (Å²) in [6, 6.07) is 2.15. The van der Waals surface area contributed by atoms with E-state index in [0.29, 0.717) is 5.78 Å². The van der Waals surface area contributed by atoms with Crippen LogP contribution >= 0.6 is 11.3 Å². The Labute approximate surface area is 88.1 Å². The number of hydrogen-bond donors (Lipinski definition) is 0. The molecule has 3 rings (SSSR count). The molecule has 0 radical (unpaired) electrons.